The Balaban J connectivity index is 2.53. The van der Waals surface area contributed by atoms with Gasteiger partial charge in [0.25, 0.3) is 0 Å². The van der Waals surface area contributed by atoms with E-state index in [9.17, 15) is 0 Å². The van der Waals surface area contributed by atoms with E-state index in [4.69, 9.17) is 5.73 Å². The van der Waals surface area contributed by atoms with Gasteiger partial charge in [-0.15, -0.1) is 5.10 Å². The van der Waals surface area contributed by atoms with Gasteiger partial charge in [-0.2, -0.15) is 4.68 Å². The third-order valence-electron chi connectivity index (χ3n) is 1.85. The van der Waals surface area contributed by atoms with Crippen LogP contribution in [0.15, 0.2) is 22.7 Å². The number of anilines is 1. The molecule has 0 saturated carbocycles. The van der Waals surface area contributed by atoms with E-state index in [0.29, 0.717) is 5.69 Å². The molecule has 1 heterocycles. The molecule has 0 radical (unpaired) electrons. The van der Waals surface area contributed by atoms with Crippen molar-refractivity contribution >= 4 is 21.6 Å². The summed E-state index contributed by atoms with van der Waals surface area (Å²) in [5, 5.41) is 11.2. The number of aryl methyl sites for hydroxylation is 1. The predicted molar refractivity (Wildman–Crippen MR) is 56.0 cm³/mol. The van der Waals surface area contributed by atoms with Gasteiger partial charge < -0.3 is 5.73 Å². The highest BCUT2D eigenvalue weighted by Gasteiger charge is 2.04. The Morgan fingerprint density at radius 2 is 2.21 bits per heavy atom. The van der Waals surface area contributed by atoms with E-state index in [1.165, 1.54) is 0 Å². The fraction of sp³-hybridized carbons (Fsp3) is 0.125. The topological polar surface area (TPSA) is 69.6 Å². The smallest absolute Gasteiger partial charge is 0.153 e. The fourth-order valence-corrected chi connectivity index (χ4v) is 1.38. The van der Waals surface area contributed by atoms with Gasteiger partial charge in [0, 0.05) is 10.2 Å². The molecule has 0 aliphatic carbocycles. The molecule has 14 heavy (non-hydrogen) atoms. The van der Waals surface area contributed by atoms with Gasteiger partial charge in [-0.3, -0.25) is 0 Å². The van der Waals surface area contributed by atoms with Gasteiger partial charge in [0.05, 0.1) is 5.69 Å². The van der Waals surface area contributed by atoms with Crippen LogP contribution in [-0.4, -0.2) is 20.2 Å². The molecule has 5 nitrogen and oxygen atoms in total. The molecule has 2 N–H and O–H groups in total. The first-order valence-corrected chi connectivity index (χ1v) is 4.78. The van der Waals surface area contributed by atoms with E-state index in [0.717, 1.165) is 16.0 Å². The first-order valence-electron chi connectivity index (χ1n) is 3.99. The standard InChI is InChI=1S/C8H8BrN5/c1-5-11-12-13-14(5)6-2-3-7(9)8(10)4-6/h2-4H,10H2,1H3. The second-order valence-electron chi connectivity index (χ2n) is 2.84. The molecule has 0 saturated heterocycles. The Morgan fingerprint density at radius 3 is 2.79 bits per heavy atom. The van der Waals surface area contributed by atoms with Crippen molar-refractivity contribution in [2.24, 2.45) is 0 Å². The van der Waals surface area contributed by atoms with Gasteiger partial charge in [0.15, 0.2) is 5.82 Å². The molecule has 2 rings (SSSR count). The van der Waals surface area contributed by atoms with Crippen molar-refractivity contribution in [3.8, 4) is 5.69 Å². The summed E-state index contributed by atoms with van der Waals surface area (Å²) in [6.45, 7) is 1.83. The van der Waals surface area contributed by atoms with Gasteiger partial charge in [-0.25, -0.2) is 0 Å². The zero-order valence-corrected chi connectivity index (χ0v) is 9.06. The fourth-order valence-electron chi connectivity index (χ4n) is 1.13. The van der Waals surface area contributed by atoms with Gasteiger partial charge in [-0.1, -0.05) is 0 Å². The van der Waals surface area contributed by atoms with Crippen LogP contribution in [0.5, 0.6) is 0 Å². The van der Waals surface area contributed by atoms with Crippen molar-refractivity contribution in [3.63, 3.8) is 0 Å². The number of rotatable bonds is 1. The molecule has 0 amide bonds. The van der Waals surface area contributed by atoms with Crippen molar-refractivity contribution < 1.29 is 0 Å². The number of benzene rings is 1. The highest BCUT2D eigenvalue weighted by Crippen LogP contribution is 2.21. The second kappa shape index (κ2) is 3.38. The summed E-state index contributed by atoms with van der Waals surface area (Å²) in [7, 11) is 0. The molecule has 0 unspecified atom stereocenters. The first kappa shape index (κ1) is 9.14. The van der Waals surface area contributed by atoms with Crippen LogP contribution >= 0.6 is 15.9 Å². The monoisotopic (exact) mass is 253 g/mol. The molecule has 0 spiro atoms. The molecule has 0 aliphatic rings. The highest BCUT2D eigenvalue weighted by molar-refractivity contribution is 9.10. The number of nitrogens with two attached hydrogens (primary N) is 1. The van der Waals surface area contributed by atoms with Crippen molar-refractivity contribution in [2.75, 3.05) is 5.73 Å². The minimum atomic E-state index is 0.664. The molecule has 0 atom stereocenters. The van der Waals surface area contributed by atoms with E-state index < -0.39 is 0 Å². The maximum atomic E-state index is 5.75. The minimum Gasteiger partial charge on any atom is -0.398 e. The Bertz CT molecular complexity index is 465. The lowest BCUT2D eigenvalue weighted by molar-refractivity contribution is 0.779. The maximum Gasteiger partial charge on any atom is 0.153 e. The zero-order valence-electron chi connectivity index (χ0n) is 7.48. The number of nitrogens with zero attached hydrogens (tertiary/aromatic N) is 4. The number of hydrogen-bond donors (Lipinski definition) is 1. The van der Waals surface area contributed by atoms with Gasteiger partial charge in [0.1, 0.15) is 0 Å². The Labute approximate surface area is 89.0 Å². The lowest BCUT2D eigenvalue weighted by Gasteiger charge is -2.03. The summed E-state index contributed by atoms with van der Waals surface area (Å²) in [5.41, 5.74) is 7.27. The van der Waals surface area contributed by atoms with E-state index in [-0.39, 0.29) is 0 Å². The predicted octanol–water partition coefficient (Wildman–Crippen LogP) is 1.32. The summed E-state index contributed by atoms with van der Waals surface area (Å²) in [6.07, 6.45) is 0. The number of halogens is 1. The average Bonchev–Trinajstić information content (AvgIpc) is 2.57. The number of tetrazole rings is 1. The lowest BCUT2D eigenvalue weighted by atomic mass is 10.3. The van der Waals surface area contributed by atoms with Crippen molar-refractivity contribution in [1.29, 1.82) is 0 Å². The minimum absolute atomic E-state index is 0.664. The normalized spacial score (nSPS) is 10.4. The largest absolute Gasteiger partial charge is 0.398 e. The third kappa shape index (κ3) is 1.48. The zero-order chi connectivity index (χ0) is 10.1. The van der Waals surface area contributed by atoms with E-state index in [1.54, 1.807) is 4.68 Å². The number of nitrogen functional groups attached to an aromatic ring is 1. The van der Waals surface area contributed by atoms with Gasteiger partial charge in [0.2, 0.25) is 0 Å². The summed E-state index contributed by atoms with van der Waals surface area (Å²) >= 11 is 3.33. The molecule has 1 aromatic heterocycles. The van der Waals surface area contributed by atoms with Crippen LogP contribution in [0, 0.1) is 6.92 Å². The van der Waals surface area contributed by atoms with Gasteiger partial charge >= 0.3 is 0 Å². The average molecular weight is 254 g/mol. The summed E-state index contributed by atoms with van der Waals surface area (Å²) in [5.74, 6) is 0.728. The van der Waals surface area contributed by atoms with Crippen LogP contribution in [0.25, 0.3) is 5.69 Å². The van der Waals surface area contributed by atoms with Crippen LogP contribution < -0.4 is 5.73 Å². The Morgan fingerprint density at radius 1 is 1.43 bits per heavy atom. The molecule has 0 aliphatic heterocycles. The summed E-state index contributed by atoms with van der Waals surface area (Å²) in [4.78, 5) is 0. The highest BCUT2D eigenvalue weighted by atomic mass is 79.9. The number of aromatic nitrogens is 4. The second-order valence-corrected chi connectivity index (χ2v) is 3.70. The molecular formula is C8H8BrN5. The van der Waals surface area contributed by atoms with Crippen molar-refractivity contribution in [1.82, 2.24) is 20.2 Å². The molecule has 72 valence electrons. The molecular weight excluding hydrogens is 246 g/mol. The maximum absolute atomic E-state index is 5.75. The van der Waals surface area contributed by atoms with Crippen LogP contribution in [0.1, 0.15) is 5.82 Å². The Hall–Kier alpha value is -1.43. The van der Waals surface area contributed by atoms with E-state index in [1.807, 2.05) is 25.1 Å². The van der Waals surface area contributed by atoms with Crippen LogP contribution in [-0.2, 0) is 0 Å². The van der Waals surface area contributed by atoms with Crippen LogP contribution in [0.4, 0.5) is 5.69 Å². The molecule has 6 heteroatoms. The molecule has 1 aromatic carbocycles. The SMILES string of the molecule is Cc1nnnn1-c1ccc(Br)c(N)c1. The quantitative estimate of drug-likeness (QED) is 0.779. The lowest BCUT2D eigenvalue weighted by Crippen LogP contribution is -2.00. The molecule has 0 fully saturated rings. The number of hydrogen-bond acceptors (Lipinski definition) is 4. The molecule has 0 bridgehead atoms. The van der Waals surface area contributed by atoms with Crippen LogP contribution in [0.3, 0.4) is 0 Å². The summed E-state index contributed by atoms with van der Waals surface area (Å²) < 4.78 is 2.50. The first-order chi connectivity index (χ1) is 6.68. The van der Waals surface area contributed by atoms with Crippen molar-refractivity contribution in [3.05, 3.63) is 28.5 Å². The Kier molecular flexibility index (Phi) is 2.20. The third-order valence-corrected chi connectivity index (χ3v) is 2.57. The van der Waals surface area contributed by atoms with E-state index in [2.05, 4.69) is 31.5 Å². The van der Waals surface area contributed by atoms with Crippen molar-refractivity contribution in [2.45, 2.75) is 6.92 Å². The van der Waals surface area contributed by atoms with Crippen LogP contribution in [0.2, 0.25) is 0 Å². The summed E-state index contributed by atoms with van der Waals surface area (Å²) in [6, 6.07) is 5.57. The molecule has 2 aromatic rings. The van der Waals surface area contributed by atoms with E-state index >= 15 is 0 Å². The van der Waals surface area contributed by atoms with Gasteiger partial charge in [-0.05, 0) is 51.5 Å².